The Morgan fingerprint density at radius 3 is 2.67 bits per heavy atom. The molecule has 0 saturated heterocycles. The van der Waals surface area contributed by atoms with Crippen LogP contribution in [0.3, 0.4) is 0 Å². The average molecular weight is 322 g/mol. The Bertz CT molecular complexity index is 640. The molecular formula is C17H17Cl2NO. The van der Waals surface area contributed by atoms with Gasteiger partial charge in [0.25, 0.3) is 0 Å². The molecule has 1 aliphatic heterocycles. The summed E-state index contributed by atoms with van der Waals surface area (Å²) in [7, 11) is 0. The van der Waals surface area contributed by atoms with Gasteiger partial charge in [-0.05, 0) is 29.7 Å². The van der Waals surface area contributed by atoms with E-state index in [9.17, 15) is 0 Å². The second-order valence-corrected chi connectivity index (χ2v) is 6.09. The first-order chi connectivity index (χ1) is 10.2. The van der Waals surface area contributed by atoms with Crippen LogP contribution in [0.1, 0.15) is 30.6 Å². The van der Waals surface area contributed by atoms with Gasteiger partial charge in [-0.2, -0.15) is 0 Å². The summed E-state index contributed by atoms with van der Waals surface area (Å²) >= 11 is 12.2. The largest absolute Gasteiger partial charge is 0.480 e. The molecule has 0 amide bonds. The first-order valence-electron chi connectivity index (χ1n) is 7.15. The average Bonchev–Trinajstić information content (AvgIpc) is 2.48. The number of rotatable bonds is 3. The highest BCUT2D eigenvalue weighted by Gasteiger charge is 2.23. The Balaban J connectivity index is 1.82. The van der Waals surface area contributed by atoms with E-state index in [1.807, 2.05) is 6.07 Å². The maximum absolute atomic E-state index is 6.22. The van der Waals surface area contributed by atoms with Gasteiger partial charge in [0, 0.05) is 5.02 Å². The van der Waals surface area contributed by atoms with E-state index in [4.69, 9.17) is 27.9 Å². The molecule has 0 radical (unpaired) electrons. The predicted octanol–water partition coefficient (Wildman–Crippen LogP) is 5.49. The van der Waals surface area contributed by atoms with Crippen LogP contribution >= 0.6 is 23.2 Å². The third kappa shape index (κ3) is 3.12. The molecule has 0 bridgehead atoms. The Labute approximate surface area is 135 Å². The van der Waals surface area contributed by atoms with Crippen molar-refractivity contribution in [1.29, 1.82) is 0 Å². The van der Waals surface area contributed by atoms with Crippen LogP contribution < -0.4 is 10.1 Å². The van der Waals surface area contributed by atoms with Crippen LogP contribution in [-0.4, -0.2) is 6.54 Å². The van der Waals surface area contributed by atoms with Crippen molar-refractivity contribution in [1.82, 2.24) is 0 Å². The van der Waals surface area contributed by atoms with Crippen LogP contribution in [0.25, 0.3) is 0 Å². The maximum atomic E-state index is 6.22. The highest BCUT2D eigenvalue weighted by Crippen LogP contribution is 2.41. The van der Waals surface area contributed by atoms with Gasteiger partial charge in [-0.3, -0.25) is 0 Å². The molecule has 0 saturated carbocycles. The maximum Gasteiger partial charge on any atom is 0.162 e. The summed E-state index contributed by atoms with van der Waals surface area (Å²) in [6, 6.07) is 12.1. The number of fused-ring (bicyclic) bond motifs is 1. The zero-order valence-corrected chi connectivity index (χ0v) is 13.3. The summed E-state index contributed by atoms with van der Waals surface area (Å²) in [5, 5.41) is 4.49. The Morgan fingerprint density at radius 1 is 1.19 bits per heavy atom. The smallest absolute Gasteiger partial charge is 0.162 e. The lowest BCUT2D eigenvalue weighted by Crippen LogP contribution is -2.23. The summed E-state index contributed by atoms with van der Waals surface area (Å²) < 4.78 is 6.05. The molecule has 0 fully saturated rings. The lowest BCUT2D eigenvalue weighted by molar-refractivity contribution is 0.210. The molecule has 4 heteroatoms. The topological polar surface area (TPSA) is 21.3 Å². The van der Waals surface area contributed by atoms with E-state index in [1.54, 1.807) is 6.07 Å². The van der Waals surface area contributed by atoms with Gasteiger partial charge in [0.1, 0.15) is 6.10 Å². The van der Waals surface area contributed by atoms with Gasteiger partial charge in [-0.25, -0.2) is 0 Å². The summed E-state index contributed by atoms with van der Waals surface area (Å²) in [4.78, 5) is 0. The molecule has 0 aliphatic carbocycles. The molecule has 3 rings (SSSR count). The highest BCUT2D eigenvalue weighted by molar-refractivity contribution is 6.36. The van der Waals surface area contributed by atoms with Crippen molar-refractivity contribution in [2.75, 3.05) is 11.9 Å². The SMILES string of the molecule is CCCc1ccc(C2CNc3cc(Cl)cc(Cl)c3O2)cc1. The molecule has 1 N–H and O–H groups in total. The quantitative estimate of drug-likeness (QED) is 0.806. The van der Waals surface area contributed by atoms with Crippen molar-refractivity contribution in [3.8, 4) is 5.75 Å². The molecule has 2 nitrogen and oxygen atoms in total. The van der Waals surface area contributed by atoms with Gasteiger partial charge >= 0.3 is 0 Å². The van der Waals surface area contributed by atoms with Crippen molar-refractivity contribution in [3.05, 3.63) is 57.6 Å². The summed E-state index contributed by atoms with van der Waals surface area (Å²) in [6.45, 7) is 2.89. The van der Waals surface area contributed by atoms with Crippen LogP contribution in [0, 0.1) is 0 Å². The van der Waals surface area contributed by atoms with Crippen LogP contribution in [0.15, 0.2) is 36.4 Å². The Morgan fingerprint density at radius 2 is 1.95 bits per heavy atom. The molecule has 110 valence electrons. The van der Waals surface area contributed by atoms with Crippen molar-refractivity contribution in [2.24, 2.45) is 0 Å². The molecule has 1 atom stereocenters. The minimum atomic E-state index is -0.0353. The van der Waals surface area contributed by atoms with E-state index in [0.29, 0.717) is 22.3 Å². The van der Waals surface area contributed by atoms with Gasteiger partial charge in [-0.15, -0.1) is 0 Å². The van der Waals surface area contributed by atoms with Crippen LogP contribution in [-0.2, 0) is 6.42 Å². The van der Waals surface area contributed by atoms with E-state index in [-0.39, 0.29) is 6.10 Å². The van der Waals surface area contributed by atoms with E-state index in [2.05, 4.69) is 36.5 Å². The number of aryl methyl sites for hydroxylation is 1. The summed E-state index contributed by atoms with van der Waals surface area (Å²) in [6.07, 6.45) is 2.23. The Kier molecular flexibility index (Phi) is 4.27. The number of ether oxygens (including phenoxy) is 1. The molecule has 1 heterocycles. The number of halogens is 2. The summed E-state index contributed by atoms with van der Waals surface area (Å²) in [5.74, 6) is 0.676. The van der Waals surface area contributed by atoms with Crippen LogP contribution in [0.5, 0.6) is 5.75 Å². The summed E-state index contributed by atoms with van der Waals surface area (Å²) in [5.41, 5.74) is 3.36. The van der Waals surface area contributed by atoms with Gasteiger partial charge in [0.15, 0.2) is 5.75 Å². The van der Waals surface area contributed by atoms with E-state index < -0.39 is 0 Å². The molecule has 0 spiro atoms. The number of hydrogen-bond acceptors (Lipinski definition) is 2. The van der Waals surface area contributed by atoms with Gasteiger partial charge in [0.05, 0.1) is 17.3 Å². The Hall–Kier alpha value is -1.38. The number of anilines is 1. The van der Waals surface area contributed by atoms with Gasteiger partial charge < -0.3 is 10.1 Å². The third-order valence-electron chi connectivity index (χ3n) is 3.64. The third-order valence-corrected chi connectivity index (χ3v) is 4.14. The monoisotopic (exact) mass is 321 g/mol. The number of benzene rings is 2. The van der Waals surface area contributed by atoms with Crippen LogP contribution in [0.2, 0.25) is 10.0 Å². The highest BCUT2D eigenvalue weighted by atomic mass is 35.5. The molecule has 1 aliphatic rings. The van der Waals surface area contributed by atoms with Crippen LogP contribution in [0.4, 0.5) is 5.69 Å². The zero-order valence-electron chi connectivity index (χ0n) is 11.8. The first kappa shape index (κ1) is 14.6. The fourth-order valence-electron chi connectivity index (χ4n) is 2.57. The molecular weight excluding hydrogens is 305 g/mol. The van der Waals surface area contributed by atoms with E-state index in [0.717, 1.165) is 24.1 Å². The molecule has 21 heavy (non-hydrogen) atoms. The lowest BCUT2D eigenvalue weighted by Gasteiger charge is -2.28. The number of nitrogens with one attached hydrogen (secondary N) is 1. The zero-order chi connectivity index (χ0) is 14.8. The normalized spacial score (nSPS) is 16.8. The predicted molar refractivity (Wildman–Crippen MR) is 88.8 cm³/mol. The van der Waals surface area contributed by atoms with E-state index >= 15 is 0 Å². The molecule has 2 aromatic carbocycles. The number of hydrogen-bond donors (Lipinski definition) is 1. The van der Waals surface area contributed by atoms with Crippen molar-refractivity contribution >= 4 is 28.9 Å². The van der Waals surface area contributed by atoms with Gasteiger partial charge in [-0.1, -0.05) is 60.8 Å². The van der Waals surface area contributed by atoms with Crippen molar-refractivity contribution in [3.63, 3.8) is 0 Å². The molecule has 2 aromatic rings. The minimum absolute atomic E-state index is 0.0353. The van der Waals surface area contributed by atoms with E-state index in [1.165, 1.54) is 5.56 Å². The van der Waals surface area contributed by atoms with Gasteiger partial charge in [0.2, 0.25) is 0 Å². The fourth-order valence-corrected chi connectivity index (χ4v) is 3.11. The first-order valence-corrected chi connectivity index (χ1v) is 7.91. The fraction of sp³-hybridized carbons (Fsp3) is 0.294. The standard InChI is InChI=1S/C17H17Cl2NO/c1-2-3-11-4-6-12(7-5-11)16-10-20-15-9-13(18)8-14(19)17(15)21-16/h4-9,16,20H,2-3,10H2,1H3. The molecule has 0 aromatic heterocycles. The second-order valence-electron chi connectivity index (χ2n) is 5.24. The second kappa shape index (κ2) is 6.17. The van der Waals surface area contributed by atoms with Crippen molar-refractivity contribution in [2.45, 2.75) is 25.9 Å². The minimum Gasteiger partial charge on any atom is -0.480 e. The van der Waals surface area contributed by atoms with Crippen molar-refractivity contribution < 1.29 is 4.74 Å². The molecule has 1 unspecified atom stereocenters. The lowest BCUT2D eigenvalue weighted by atomic mass is 10.0.